The van der Waals surface area contributed by atoms with Gasteiger partial charge in [-0.25, -0.2) is 0 Å². The third-order valence-corrected chi connectivity index (χ3v) is 2.86. The van der Waals surface area contributed by atoms with Crippen LogP contribution in [-0.2, 0) is 6.54 Å². The largest absolute Gasteiger partial charge is 0.268 e. The molecule has 2 rings (SSSR count). The number of rotatable bonds is 3. The van der Waals surface area contributed by atoms with Crippen molar-refractivity contribution in [1.82, 2.24) is 9.78 Å². The van der Waals surface area contributed by atoms with Crippen molar-refractivity contribution in [1.29, 1.82) is 0 Å². The van der Waals surface area contributed by atoms with E-state index < -0.39 is 0 Å². The molecule has 16 heavy (non-hydrogen) atoms. The molecule has 1 aromatic heterocycles. The fraction of sp³-hybridized carbons (Fsp3) is 0.357. The molecule has 0 N–H and O–H groups in total. The maximum Gasteiger partial charge on any atom is 0.0659 e. The van der Waals surface area contributed by atoms with Crippen molar-refractivity contribution in [3.05, 3.63) is 53.3 Å². The second kappa shape index (κ2) is 4.52. The first-order chi connectivity index (χ1) is 7.66. The van der Waals surface area contributed by atoms with Gasteiger partial charge in [0.05, 0.1) is 6.54 Å². The van der Waals surface area contributed by atoms with Gasteiger partial charge in [0, 0.05) is 12.4 Å². The highest BCUT2D eigenvalue weighted by Crippen LogP contribution is 2.20. The van der Waals surface area contributed by atoms with E-state index in [-0.39, 0.29) is 0 Å². The predicted molar refractivity (Wildman–Crippen MR) is 66.6 cm³/mol. The highest BCUT2D eigenvalue weighted by Gasteiger charge is 2.04. The van der Waals surface area contributed by atoms with E-state index in [1.165, 1.54) is 16.7 Å². The summed E-state index contributed by atoms with van der Waals surface area (Å²) in [5, 5.41) is 4.22. The Bertz CT molecular complexity index is 456. The van der Waals surface area contributed by atoms with Crippen LogP contribution in [0.15, 0.2) is 36.7 Å². The summed E-state index contributed by atoms with van der Waals surface area (Å²) >= 11 is 0. The van der Waals surface area contributed by atoms with Crippen LogP contribution in [0.5, 0.6) is 0 Å². The summed E-state index contributed by atoms with van der Waals surface area (Å²) in [5.41, 5.74) is 4.12. The van der Waals surface area contributed by atoms with Gasteiger partial charge >= 0.3 is 0 Å². The van der Waals surface area contributed by atoms with Gasteiger partial charge in [-0.3, -0.25) is 4.68 Å². The Balaban J connectivity index is 2.21. The first kappa shape index (κ1) is 10.9. The van der Waals surface area contributed by atoms with Gasteiger partial charge in [-0.05, 0) is 35.6 Å². The van der Waals surface area contributed by atoms with Gasteiger partial charge in [0.2, 0.25) is 0 Å². The molecular weight excluding hydrogens is 196 g/mol. The molecule has 0 bridgehead atoms. The van der Waals surface area contributed by atoms with Crippen molar-refractivity contribution in [2.75, 3.05) is 0 Å². The van der Waals surface area contributed by atoms with Gasteiger partial charge in [0.25, 0.3) is 0 Å². The van der Waals surface area contributed by atoms with E-state index in [0.29, 0.717) is 5.92 Å². The number of hydrogen-bond acceptors (Lipinski definition) is 1. The lowest BCUT2D eigenvalue weighted by Crippen LogP contribution is -2.01. The first-order valence-electron chi connectivity index (χ1n) is 5.73. The lowest BCUT2D eigenvalue weighted by Gasteiger charge is -2.11. The Kier molecular flexibility index (Phi) is 3.09. The molecule has 84 valence electrons. The van der Waals surface area contributed by atoms with Gasteiger partial charge in [-0.1, -0.05) is 32.0 Å². The Hall–Kier alpha value is -1.57. The fourth-order valence-electron chi connectivity index (χ4n) is 2.06. The van der Waals surface area contributed by atoms with Crippen LogP contribution in [0.25, 0.3) is 0 Å². The van der Waals surface area contributed by atoms with Crippen LogP contribution in [0, 0.1) is 6.92 Å². The number of hydrogen-bond donors (Lipinski definition) is 0. The van der Waals surface area contributed by atoms with E-state index in [1.54, 1.807) is 0 Å². The van der Waals surface area contributed by atoms with Crippen LogP contribution in [0.1, 0.15) is 36.5 Å². The molecule has 1 aromatic carbocycles. The maximum atomic E-state index is 4.22. The van der Waals surface area contributed by atoms with Gasteiger partial charge < -0.3 is 0 Å². The lowest BCUT2D eigenvalue weighted by atomic mass is 9.96. The van der Waals surface area contributed by atoms with E-state index in [1.807, 2.05) is 23.1 Å². The number of benzene rings is 1. The molecule has 2 nitrogen and oxygen atoms in total. The minimum Gasteiger partial charge on any atom is -0.268 e. The average molecular weight is 214 g/mol. The van der Waals surface area contributed by atoms with Crippen LogP contribution >= 0.6 is 0 Å². The molecule has 0 saturated heterocycles. The Morgan fingerprint density at radius 1 is 1.31 bits per heavy atom. The SMILES string of the molecule is Cc1cc(Cn2cccn2)ccc1C(C)C. The molecule has 0 amide bonds. The van der Waals surface area contributed by atoms with Crippen LogP contribution in [-0.4, -0.2) is 9.78 Å². The molecule has 0 saturated carbocycles. The van der Waals surface area contributed by atoms with Gasteiger partial charge in [0.1, 0.15) is 0 Å². The second-order valence-corrected chi connectivity index (χ2v) is 4.55. The van der Waals surface area contributed by atoms with E-state index in [4.69, 9.17) is 0 Å². The third-order valence-electron chi connectivity index (χ3n) is 2.86. The van der Waals surface area contributed by atoms with Gasteiger partial charge in [-0.2, -0.15) is 5.10 Å². The van der Waals surface area contributed by atoms with E-state index >= 15 is 0 Å². The Morgan fingerprint density at radius 3 is 2.69 bits per heavy atom. The van der Waals surface area contributed by atoms with Crippen LogP contribution in [0.4, 0.5) is 0 Å². The van der Waals surface area contributed by atoms with Crippen molar-refractivity contribution in [3.63, 3.8) is 0 Å². The third kappa shape index (κ3) is 2.32. The lowest BCUT2D eigenvalue weighted by molar-refractivity contribution is 0.685. The quantitative estimate of drug-likeness (QED) is 0.766. The highest BCUT2D eigenvalue weighted by atomic mass is 15.3. The van der Waals surface area contributed by atoms with E-state index in [2.05, 4.69) is 44.1 Å². The summed E-state index contributed by atoms with van der Waals surface area (Å²) in [4.78, 5) is 0. The Morgan fingerprint density at radius 2 is 2.12 bits per heavy atom. The van der Waals surface area contributed by atoms with Crippen molar-refractivity contribution < 1.29 is 0 Å². The summed E-state index contributed by atoms with van der Waals surface area (Å²) in [6.45, 7) is 7.50. The van der Waals surface area contributed by atoms with Gasteiger partial charge in [-0.15, -0.1) is 0 Å². The van der Waals surface area contributed by atoms with Crippen LogP contribution in [0.2, 0.25) is 0 Å². The molecule has 0 spiro atoms. The summed E-state index contributed by atoms with van der Waals surface area (Å²) in [6, 6.07) is 8.65. The molecule has 0 aliphatic heterocycles. The summed E-state index contributed by atoms with van der Waals surface area (Å²) in [5.74, 6) is 0.596. The number of aryl methyl sites for hydroxylation is 1. The second-order valence-electron chi connectivity index (χ2n) is 4.55. The molecule has 0 aliphatic rings. The van der Waals surface area contributed by atoms with Crippen molar-refractivity contribution in [2.45, 2.75) is 33.2 Å². The summed E-state index contributed by atoms with van der Waals surface area (Å²) < 4.78 is 1.95. The molecule has 2 aromatic rings. The molecule has 0 unspecified atom stereocenters. The van der Waals surface area contributed by atoms with E-state index in [0.717, 1.165) is 6.54 Å². The van der Waals surface area contributed by atoms with E-state index in [9.17, 15) is 0 Å². The maximum absolute atomic E-state index is 4.22. The fourth-order valence-corrected chi connectivity index (χ4v) is 2.06. The van der Waals surface area contributed by atoms with Crippen LogP contribution < -0.4 is 0 Å². The zero-order chi connectivity index (χ0) is 11.5. The summed E-state index contributed by atoms with van der Waals surface area (Å²) in [6.07, 6.45) is 3.81. The van der Waals surface area contributed by atoms with Gasteiger partial charge in [0.15, 0.2) is 0 Å². The zero-order valence-electron chi connectivity index (χ0n) is 10.1. The average Bonchev–Trinajstić information content (AvgIpc) is 2.70. The van der Waals surface area contributed by atoms with Crippen LogP contribution in [0.3, 0.4) is 0 Å². The standard InChI is InChI=1S/C14H18N2/c1-11(2)14-6-5-13(9-12(14)3)10-16-8-4-7-15-16/h4-9,11H,10H2,1-3H3. The molecular formula is C14H18N2. The minimum atomic E-state index is 0.596. The smallest absolute Gasteiger partial charge is 0.0659 e. The van der Waals surface area contributed by atoms with Crippen molar-refractivity contribution in [3.8, 4) is 0 Å². The minimum absolute atomic E-state index is 0.596. The Labute approximate surface area is 96.9 Å². The topological polar surface area (TPSA) is 17.8 Å². The molecule has 0 radical (unpaired) electrons. The van der Waals surface area contributed by atoms with Crippen molar-refractivity contribution >= 4 is 0 Å². The number of nitrogens with zero attached hydrogens (tertiary/aromatic N) is 2. The first-order valence-corrected chi connectivity index (χ1v) is 5.73. The molecule has 1 heterocycles. The summed E-state index contributed by atoms with van der Waals surface area (Å²) in [7, 11) is 0. The molecule has 2 heteroatoms. The molecule has 0 fully saturated rings. The zero-order valence-corrected chi connectivity index (χ0v) is 10.1. The normalized spacial score (nSPS) is 11.0. The highest BCUT2D eigenvalue weighted by molar-refractivity contribution is 5.33. The molecule has 0 atom stereocenters. The predicted octanol–water partition coefficient (Wildman–Crippen LogP) is 3.36. The van der Waals surface area contributed by atoms with Crippen molar-refractivity contribution in [2.24, 2.45) is 0 Å². The monoisotopic (exact) mass is 214 g/mol. The number of aromatic nitrogens is 2. The molecule has 0 aliphatic carbocycles.